The number of hydrogen-bond donors (Lipinski definition) is 0. The van der Waals surface area contributed by atoms with E-state index < -0.39 is 6.67 Å². The Morgan fingerprint density at radius 3 is 2.58 bits per heavy atom. The van der Waals surface area contributed by atoms with Crippen LogP contribution < -0.4 is 4.74 Å². The monoisotopic (exact) mass is 467 g/mol. The number of thiophene rings is 1. The number of esters is 1. The van der Waals surface area contributed by atoms with Gasteiger partial charge >= 0.3 is 5.97 Å². The summed E-state index contributed by atoms with van der Waals surface area (Å²) in [4.78, 5) is 16.7. The van der Waals surface area contributed by atoms with E-state index in [9.17, 15) is 9.18 Å². The minimum absolute atomic E-state index is 0.0540. The number of ether oxygens (including phenoxy) is 2. The lowest BCUT2D eigenvalue weighted by Gasteiger charge is -2.19. The largest absolute Gasteiger partial charge is 0.482 e. The van der Waals surface area contributed by atoms with Crippen molar-refractivity contribution in [1.29, 1.82) is 0 Å². The topological polar surface area (TPSA) is 38.8 Å². The van der Waals surface area contributed by atoms with Crippen molar-refractivity contribution in [2.45, 2.75) is 32.9 Å². The molecule has 0 saturated heterocycles. The molecule has 2 aromatic carbocycles. The van der Waals surface area contributed by atoms with Crippen molar-refractivity contribution in [2.24, 2.45) is 0 Å². The van der Waals surface area contributed by atoms with Crippen LogP contribution in [0.3, 0.4) is 0 Å². The molecule has 2 heterocycles. The maximum atomic E-state index is 12.7. The zero-order valence-corrected chi connectivity index (χ0v) is 19.8. The highest BCUT2D eigenvalue weighted by Gasteiger charge is 2.15. The van der Waals surface area contributed by atoms with E-state index in [2.05, 4.69) is 29.2 Å². The smallest absolute Gasteiger partial charge is 0.344 e. The van der Waals surface area contributed by atoms with Crippen molar-refractivity contribution in [1.82, 2.24) is 4.90 Å². The Bertz CT molecular complexity index is 1060. The average Bonchev–Trinajstić information content (AvgIpc) is 3.22. The van der Waals surface area contributed by atoms with Gasteiger partial charge in [0, 0.05) is 29.4 Å². The first kappa shape index (κ1) is 23.5. The van der Waals surface area contributed by atoms with Gasteiger partial charge in [-0.1, -0.05) is 30.3 Å². The Labute approximate surface area is 199 Å². The molecule has 1 aromatic heterocycles. The lowest BCUT2D eigenvalue weighted by molar-refractivity contribution is -0.145. The van der Waals surface area contributed by atoms with Crippen LogP contribution in [0.4, 0.5) is 4.39 Å². The van der Waals surface area contributed by atoms with E-state index in [-0.39, 0.29) is 12.6 Å². The van der Waals surface area contributed by atoms with Gasteiger partial charge in [0.15, 0.2) is 6.61 Å². The Balaban J connectivity index is 1.29. The number of rotatable bonds is 9. The molecule has 4 rings (SSSR count). The predicted octanol–water partition coefficient (Wildman–Crippen LogP) is 5.47. The minimum atomic E-state index is -0.419. The molecule has 3 aromatic rings. The molecule has 0 N–H and O–H groups in total. The molecule has 33 heavy (non-hydrogen) atoms. The molecule has 0 fully saturated rings. The Morgan fingerprint density at radius 2 is 1.82 bits per heavy atom. The van der Waals surface area contributed by atoms with Crippen LogP contribution in [0.15, 0.2) is 54.6 Å². The number of benzene rings is 2. The first-order chi connectivity index (χ1) is 16.1. The minimum Gasteiger partial charge on any atom is -0.482 e. The Hall–Kier alpha value is -2.70. The van der Waals surface area contributed by atoms with Crippen molar-refractivity contribution in [3.63, 3.8) is 0 Å². The van der Waals surface area contributed by atoms with Gasteiger partial charge in [-0.05, 0) is 72.7 Å². The number of nitrogens with zero attached hydrogens (tertiary/aromatic N) is 1. The third-order valence-corrected chi connectivity index (χ3v) is 7.16. The molecular weight excluding hydrogens is 437 g/mol. The van der Waals surface area contributed by atoms with E-state index in [4.69, 9.17) is 9.47 Å². The van der Waals surface area contributed by atoms with Crippen LogP contribution in [0.5, 0.6) is 5.75 Å². The number of carbonyl (C=O) groups is 1. The summed E-state index contributed by atoms with van der Waals surface area (Å²) >= 11 is 1.82. The molecule has 1 aliphatic rings. The Kier molecular flexibility index (Phi) is 8.13. The third-order valence-electron chi connectivity index (χ3n) is 5.96. The molecule has 0 saturated carbocycles. The summed E-state index contributed by atoms with van der Waals surface area (Å²) in [5.41, 5.74) is 4.52. The normalized spacial score (nSPS) is 13.9. The standard InChI is InChI=1S/C27H30FNO3S/c1-2-31-27(30)19-32-24-8-7-21-11-14-29(15-12-23(21)17-24)16-13-25-9-10-26(33-25)22-5-3-20(18-28)4-6-22/h3-10,17H,2,11-16,18-19H2,1H3. The number of halogens is 1. The van der Waals surface area contributed by atoms with Crippen LogP contribution in [0.25, 0.3) is 10.4 Å². The quantitative estimate of drug-likeness (QED) is 0.391. The summed E-state index contributed by atoms with van der Waals surface area (Å²) in [5, 5.41) is 0. The van der Waals surface area contributed by atoms with Gasteiger partial charge in [-0.2, -0.15) is 0 Å². The zero-order valence-electron chi connectivity index (χ0n) is 19.0. The number of hydrogen-bond acceptors (Lipinski definition) is 5. The average molecular weight is 468 g/mol. The van der Waals surface area contributed by atoms with E-state index >= 15 is 0 Å². The van der Waals surface area contributed by atoms with Crippen LogP contribution in [-0.4, -0.2) is 43.7 Å². The first-order valence-corrected chi connectivity index (χ1v) is 12.3. The maximum absolute atomic E-state index is 12.7. The zero-order chi connectivity index (χ0) is 23.0. The summed E-state index contributed by atoms with van der Waals surface area (Å²) in [5.74, 6) is 0.382. The van der Waals surface area contributed by atoms with Gasteiger partial charge in [-0.25, -0.2) is 9.18 Å². The predicted molar refractivity (Wildman–Crippen MR) is 131 cm³/mol. The lowest BCUT2D eigenvalue weighted by Crippen LogP contribution is -2.28. The Morgan fingerprint density at radius 1 is 1.03 bits per heavy atom. The van der Waals surface area contributed by atoms with Gasteiger partial charge in [0.2, 0.25) is 0 Å². The van der Waals surface area contributed by atoms with Crippen molar-refractivity contribution in [3.8, 4) is 16.2 Å². The van der Waals surface area contributed by atoms with Crippen LogP contribution >= 0.6 is 11.3 Å². The van der Waals surface area contributed by atoms with Gasteiger partial charge in [0.25, 0.3) is 0 Å². The lowest BCUT2D eigenvalue weighted by atomic mass is 10.0. The van der Waals surface area contributed by atoms with E-state index in [1.807, 2.05) is 41.7 Å². The van der Waals surface area contributed by atoms with E-state index in [1.165, 1.54) is 20.9 Å². The van der Waals surface area contributed by atoms with Crippen molar-refractivity contribution in [2.75, 3.05) is 32.8 Å². The molecule has 0 unspecified atom stereocenters. The molecule has 0 aliphatic carbocycles. The molecule has 174 valence electrons. The van der Waals surface area contributed by atoms with Crippen molar-refractivity contribution in [3.05, 3.63) is 76.2 Å². The second-order valence-electron chi connectivity index (χ2n) is 8.21. The van der Waals surface area contributed by atoms with E-state index in [0.29, 0.717) is 6.61 Å². The molecule has 6 heteroatoms. The fourth-order valence-electron chi connectivity index (χ4n) is 4.10. The number of carbonyl (C=O) groups excluding carboxylic acids is 1. The van der Waals surface area contributed by atoms with Crippen LogP contribution in [0.2, 0.25) is 0 Å². The highest BCUT2D eigenvalue weighted by molar-refractivity contribution is 7.15. The van der Waals surface area contributed by atoms with Crippen LogP contribution in [-0.2, 0) is 35.5 Å². The van der Waals surface area contributed by atoms with Crippen LogP contribution in [0, 0.1) is 0 Å². The summed E-state index contributed by atoms with van der Waals surface area (Å²) in [6, 6.07) is 18.2. The highest BCUT2D eigenvalue weighted by atomic mass is 32.1. The second-order valence-corrected chi connectivity index (χ2v) is 9.38. The third kappa shape index (κ3) is 6.42. The SMILES string of the molecule is CCOC(=O)COc1ccc2c(c1)CCN(CCc1ccc(-c3ccc(CF)cc3)s1)CC2. The first-order valence-electron chi connectivity index (χ1n) is 11.5. The fraction of sp³-hybridized carbons (Fsp3) is 0.370. The highest BCUT2D eigenvalue weighted by Crippen LogP contribution is 2.29. The molecule has 0 radical (unpaired) electrons. The summed E-state index contributed by atoms with van der Waals surface area (Å²) in [6.45, 7) is 4.76. The molecular formula is C27H30FNO3S. The van der Waals surface area contributed by atoms with Crippen molar-refractivity contribution < 1.29 is 18.7 Å². The van der Waals surface area contributed by atoms with Crippen LogP contribution in [0.1, 0.15) is 28.5 Å². The van der Waals surface area contributed by atoms with Crippen molar-refractivity contribution >= 4 is 17.3 Å². The fourth-order valence-corrected chi connectivity index (χ4v) is 5.10. The number of alkyl halides is 1. The van der Waals surface area contributed by atoms with E-state index in [1.54, 1.807) is 6.92 Å². The van der Waals surface area contributed by atoms with Gasteiger partial charge in [0.1, 0.15) is 12.4 Å². The molecule has 0 spiro atoms. The molecule has 1 aliphatic heterocycles. The van der Waals surface area contributed by atoms with Gasteiger partial charge < -0.3 is 14.4 Å². The van der Waals surface area contributed by atoms with Gasteiger partial charge in [-0.3, -0.25) is 0 Å². The maximum Gasteiger partial charge on any atom is 0.344 e. The molecule has 0 amide bonds. The molecule has 4 nitrogen and oxygen atoms in total. The summed E-state index contributed by atoms with van der Waals surface area (Å²) < 4.78 is 23.3. The molecule has 0 bridgehead atoms. The summed E-state index contributed by atoms with van der Waals surface area (Å²) in [7, 11) is 0. The second kappa shape index (κ2) is 11.4. The van der Waals surface area contributed by atoms with Gasteiger partial charge in [0.05, 0.1) is 6.61 Å². The summed E-state index contributed by atoms with van der Waals surface area (Å²) in [6.07, 6.45) is 3.02. The number of fused-ring (bicyclic) bond motifs is 1. The molecule has 0 atom stereocenters. The van der Waals surface area contributed by atoms with E-state index in [0.717, 1.165) is 55.8 Å². The van der Waals surface area contributed by atoms with Gasteiger partial charge in [-0.15, -0.1) is 11.3 Å².